The van der Waals surface area contributed by atoms with E-state index < -0.39 is 0 Å². The van der Waals surface area contributed by atoms with Crippen LogP contribution in [0.5, 0.6) is 0 Å². The number of pyridine rings is 1. The number of imidazole rings is 1. The van der Waals surface area contributed by atoms with Crippen molar-refractivity contribution in [1.29, 1.82) is 0 Å². The Morgan fingerprint density at radius 3 is 2.85 bits per heavy atom. The lowest BCUT2D eigenvalue weighted by Gasteiger charge is -2.05. The lowest BCUT2D eigenvalue weighted by molar-refractivity contribution is 0.765. The van der Waals surface area contributed by atoms with Gasteiger partial charge in [-0.25, -0.2) is 9.97 Å². The third-order valence-electron chi connectivity index (χ3n) is 3.63. The van der Waals surface area contributed by atoms with Crippen LogP contribution in [-0.4, -0.2) is 22.0 Å². The van der Waals surface area contributed by atoms with Crippen molar-refractivity contribution in [2.75, 3.05) is 12.4 Å². The smallest absolute Gasteiger partial charge is 0.152 e. The van der Waals surface area contributed by atoms with E-state index in [1.165, 1.54) is 12.0 Å². The second-order valence-electron chi connectivity index (χ2n) is 5.24. The maximum atomic E-state index is 4.78. The molecule has 0 aliphatic rings. The van der Waals surface area contributed by atoms with Gasteiger partial charge >= 0.3 is 0 Å². The highest BCUT2D eigenvalue weighted by Crippen LogP contribution is 2.28. The third-order valence-corrected chi connectivity index (χ3v) is 3.63. The number of anilines is 1. The molecular formula is C16H20N4. The predicted molar refractivity (Wildman–Crippen MR) is 84.3 cm³/mol. The molecule has 0 saturated carbocycles. The second kappa shape index (κ2) is 5.12. The summed E-state index contributed by atoms with van der Waals surface area (Å²) in [5.41, 5.74) is 4.24. The Kier molecular flexibility index (Phi) is 3.30. The summed E-state index contributed by atoms with van der Waals surface area (Å²) >= 11 is 0. The average molecular weight is 268 g/mol. The maximum absolute atomic E-state index is 4.78. The number of H-pyrrole nitrogens is 1. The van der Waals surface area contributed by atoms with Crippen LogP contribution in [0.3, 0.4) is 0 Å². The molecule has 2 aromatic heterocycles. The molecule has 2 heterocycles. The molecule has 2 N–H and O–H groups in total. The van der Waals surface area contributed by atoms with Crippen LogP contribution in [0.2, 0.25) is 0 Å². The molecule has 20 heavy (non-hydrogen) atoms. The number of nitrogens with zero attached hydrogens (tertiary/aromatic N) is 2. The maximum Gasteiger partial charge on any atom is 0.152 e. The van der Waals surface area contributed by atoms with E-state index in [0.29, 0.717) is 0 Å². The molecule has 104 valence electrons. The molecule has 1 aromatic carbocycles. The molecule has 0 atom stereocenters. The van der Waals surface area contributed by atoms with Crippen LogP contribution in [0.15, 0.2) is 18.2 Å². The number of nitrogens with one attached hydrogen (secondary N) is 2. The van der Waals surface area contributed by atoms with Crippen LogP contribution in [-0.2, 0) is 6.42 Å². The van der Waals surface area contributed by atoms with Gasteiger partial charge in [-0.05, 0) is 25.0 Å². The minimum absolute atomic E-state index is 0.869. The van der Waals surface area contributed by atoms with Crippen molar-refractivity contribution in [3.8, 4) is 0 Å². The summed E-state index contributed by atoms with van der Waals surface area (Å²) in [5.74, 6) is 1.92. The second-order valence-corrected chi connectivity index (χ2v) is 5.24. The quantitative estimate of drug-likeness (QED) is 0.756. The monoisotopic (exact) mass is 268 g/mol. The zero-order valence-corrected chi connectivity index (χ0v) is 12.2. The molecule has 0 radical (unpaired) electrons. The van der Waals surface area contributed by atoms with Crippen LogP contribution < -0.4 is 5.32 Å². The molecule has 0 fully saturated rings. The Bertz CT molecular complexity index is 758. The van der Waals surface area contributed by atoms with E-state index in [1.807, 2.05) is 7.05 Å². The molecule has 3 aromatic rings. The molecule has 4 heteroatoms. The van der Waals surface area contributed by atoms with Crippen LogP contribution in [0.4, 0.5) is 5.82 Å². The van der Waals surface area contributed by atoms with Gasteiger partial charge in [0.15, 0.2) is 5.82 Å². The fourth-order valence-corrected chi connectivity index (χ4v) is 2.54. The minimum Gasteiger partial charge on any atom is -0.371 e. The van der Waals surface area contributed by atoms with Gasteiger partial charge in [0, 0.05) is 18.9 Å². The summed E-state index contributed by atoms with van der Waals surface area (Å²) in [5, 5.41) is 4.28. The number of hydrogen-bond donors (Lipinski definition) is 2. The van der Waals surface area contributed by atoms with E-state index in [1.54, 1.807) is 0 Å². The van der Waals surface area contributed by atoms with Gasteiger partial charge in [0.05, 0.1) is 5.52 Å². The molecule has 0 bridgehead atoms. The van der Waals surface area contributed by atoms with Crippen LogP contribution in [0.25, 0.3) is 21.9 Å². The summed E-state index contributed by atoms with van der Waals surface area (Å²) in [6.45, 7) is 4.28. The Morgan fingerprint density at radius 1 is 1.25 bits per heavy atom. The van der Waals surface area contributed by atoms with Crippen molar-refractivity contribution in [3.05, 3.63) is 29.6 Å². The van der Waals surface area contributed by atoms with E-state index in [2.05, 4.69) is 42.3 Å². The first-order chi connectivity index (χ1) is 9.72. The fourth-order valence-electron chi connectivity index (χ4n) is 2.54. The molecule has 0 amide bonds. The SMILES string of the molecule is CCCCc1nc2c([nH]1)c(NC)nc1cc(C)ccc12. The number of aromatic nitrogens is 3. The molecule has 3 rings (SSSR count). The molecule has 4 nitrogen and oxygen atoms in total. The molecule has 0 aliphatic heterocycles. The molecule has 0 aliphatic carbocycles. The summed E-state index contributed by atoms with van der Waals surface area (Å²) < 4.78 is 0. The van der Waals surface area contributed by atoms with Crippen molar-refractivity contribution in [1.82, 2.24) is 15.0 Å². The van der Waals surface area contributed by atoms with Gasteiger partial charge < -0.3 is 10.3 Å². The Balaban J connectivity index is 2.26. The highest BCUT2D eigenvalue weighted by molar-refractivity contribution is 6.06. The summed E-state index contributed by atoms with van der Waals surface area (Å²) in [6, 6.07) is 6.34. The topological polar surface area (TPSA) is 53.6 Å². The van der Waals surface area contributed by atoms with Gasteiger partial charge in [-0.2, -0.15) is 0 Å². The van der Waals surface area contributed by atoms with Gasteiger partial charge in [0.2, 0.25) is 0 Å². The summed E-state index contributed by atoms with van der Waals surface area (Å²) in [7, 11) is 1.90. The summed E-state index contributed by atoms with van der Waals surface area (Å²) in [6.07, 6.45) is 3.31. The standard InChI is InChI=1S/C16H20N4/c1-4-5-6-13-19-14-11-8-7-10(2)9-12(11)18-16(17-3)15(14)20-13/h7-9H,4-6H2,1-3H3,(H,17,18)(H,19,20). The Labute approximate surface area is 118 Å². The fraction of sp³-hybridized carbons (Fsp3) is 0.375. The number of fused-ring (bicyclic) bond motifs is 3. The molecular weight excluding hydrogens is 248 g/mol. The number of benzene rings is 1. The number of rotatable bonds is 4. The van der Waals surface area contributed by atoms with Crippen LogP contribution >= 0.6 is 0 Å². The van der Waals surface area contributed by atoms with Gasteiger partial charge in [-0.1, -0.05) is 25.5 Å². The van der Waals surface area contributed by atoms with E-state index >= 15 is 0 Å². The number of hydrogen-bond acceptors (Lipinski definition) is 3. The number of unbranched alkanes of at least 4 members (excludes halogenated alkanes) is 1. The lowest BCUT2D eigenvalue weighted by atomic mass is 10.1. The normalized spacial score (nSPS) is 11.3. The first kappa shape index (κ1) is 12.9. The summed E-state index contributed by atoms with van der Waals surface area (Å²) in [4.78, 5) is 12.9. The Morgan fingerprint density at radius 2 is 2.10 bits per heavy atom. The first-order valence-electron chi connectivity index (χ1n) is 7.19. The highest BCUT2D eigenvalue weighted by atomic mass is 15.0. The van der Waals surface area contributed by atoms with Crippen molar-refractivity contribution in [2.45, 2.75) is 33.1 Å². The van der Waals surface area contributed by atoms with Crippen LogP contribution in [0.1, 0.15) is 31.2 Å². The first-order valence-corrected chi connectivity index (χ1v) is 7.19. The van der Waals surface area contributed by atoms with Gasteiger partial charge in [0.1, 0.15) is 16.9 Å². The van der Waals surface area contributed by atoms with Crippen molar-refractivity contribution in [2.24, 2.45) is 0 Å². The van der Waals surface area contributed by atoms with E-state index in [-0.39, 0.29) is 0 Å². The van der Waals surface area contributed by atoms with Gasteiger partial charge in [-0.15, -0.1) is 0 Å². The van der Waals surface area contributed by atoms with E-state index in [9.17, 15) is 0 Å². The van der Waals surface area contributed by atoms with Gasteiger partial charge in [0.25, 0.3) is 0 Å². The third kappa shape index (κ3) is 2.11. The minimum atomic E-state index is 0.869. The molecule has 0 saturated heterocycles. The van der Waals surface area contributed by atoms with Crippen molar-refractivity contribution in [3.63, 3.8) is 0 Å². The largest absolute Gasteiger partial charge is 0.371 e. The van der Waals surface area contributed by atoms with Crippen LogP contribution in [0, 0.1) is 6.92 Å². The molecule has 0 unspecified atom stereocenters. The van der Waals surface area contributed by atoms with Crippen molar-refractivity contribution < 1.29 is 0 Å². The zero-order chi connectivity index (χ0) is 14.1. The Hall–Kier alpha value is -2.10. The van der Waals surface area contributed by atoms with E-state index in [0.717, 1.165) is 46.4 Å². The number of aromatic amines is 1. The molecule has 0 spiro atoms. The highest BCUT2D eigenvalue weighted by Gasteiger charge is 2.12. The lowest BCUT2D eigenvalue weighted by Crippen LogP contribution is -1.95. The predicted octanol–water partition coefficient (Wildman–Crippen LogP) is 3.80. The number of aryl methyl sites for hydroxylation is 2. The van der Waals surface area contributed by atoms with E-state index in [4.69, 9.17) is 9.97 Å². The van der Waals surface area contributed by atoms with Crippen molar-refractivity contribution >= 4 is 27.8 Å². The van der Waals surface area contributed by atoms with Gasteiger partial charge in [-0.3, -0.25) is 0 Å². The zero-order valence-electron chi connectivity index (χ0n) is 12.2. The average Bonchev–Trinajstić information content (AvgIpc) is 2.87.